The molecule has 1 fully saturated rings. The van der Waals surface area contributed by atoms with E-state index in [4.69, 9.17) is 0 Å². The number of hydrogen-bond acceptors (Lipinski definition) is 1. The zero-order valence-corrected chi connectivity index (χ0v) is 19.8. The summed E-state index contributed by atoms with van der Waals surface area (Å²) >= 11 is 0. The highest BCUT2D eigenvalue weighted by Gasteiger charge is 2.46. The molecule has 2 aromatic rings. The smallest absolute Gasteiger partial charge is 0.0474 e. The van der Waals surface area contributed by atoms with Gasteiger partial charge in [0.15, 0.2) is 0 Å². The Labute approximate surface area is 169 Å². The summed E-state index contributed by atoms with van der Waals surface area (Å²) in [6.07, 6.45) is 2.83. The quantitative estimate of drug-likeness (QED) is 0.456. The lowest BCUT2D eigenvalue weighted by atomic mass is 9.98. The summed E-state index contributed by atoms with van der Waals surface area (Å²) in [6.45, 7) is 10.2. The Morgan fingerprint density at radius 1 is 0.852 bits per heavy atom. The molecule has 0 N–H and O–H groups in total. The van der Waals surface area contributed by atoms with E-state index < -0.39 is 8.07 Å². The van der Waals surface area contributed by atoms with Gasteiger partial charge in [-0.1, -0.05) is 80.3 Å². The molecule has 1 saturated carbocycles. The standard InChI is InChI=1S/C24H36NPSi/c1-19(25(2)3)23-17-22(27(4,5)6)18-24(23)26(20-13-9-7-10-14-20)21-15-11-8-12-16-21/h7-16,19,22-24H,17-18H2,1-6H3/t19-,22?,23?,24?/m1/s1. The summed E-state index contributed by atoms with van der Waals surface area (Å²) in [5, 5.41) is 3.10. The molecule has 27 heavy (non-hydrogen) atoms. The highest BCUT2D eigenvalue weighted by Crippen LogP contribution is 2.56. The highest BCUT2D eigenvalue weighted by molar-refractivity contribution is 7.73. The van der Waals surface area contributed by atoms with E-state index in [0.717, 1.165) is 17.1 Å². The third-order valence-electron chi connectivity index (χ3n) is 6.64. The molecule has 3 unspecified atom stereocenters. The molecule has 3 heteroatoms. The van der Waals surface area contributed by atoms with Gasteiger partial charge in [-0.3, -0.25) is 0 Å². The van der Waals surface area contributed by atoms with Gasteiger partial charge in [-0.05, 0) is 69.5 Å². The predicted octanol–water partition coefficient (Wildman–Crippen LogP) is 5.56. The van der Waals surface area contributed by atoms with Gasteiger partial charge in [0.05, 0.1) is 0 Å². The highest BCUT2D eigenvalue weighted by atomic mass is 31.1. The van der Waals surface area contributed by atoms with Gasteiger partial charge in [-0.15, -0.1) is 0 Å². The Bertz CT molecular complexity index is 671. The molecule has 1 aliphatic rings. The molecule has 1 aliphatic carbocycles. The van der Waals surface area contributed by atoms with Gasteiger partial charge in [0.25, 0.3) is 0 Å². The molecule has 0 bridgehead atoms. The summed E-state index contributed by atoms with van der Waals surface area (Å²) in [6, 6.07) is 23.3. The average Bonchev–Trinajstić information content (AvgIpc) is 3.08. The van der Waals surface area contributed by atoms with Crippen molar-refractivity contribution in [1.29, 1.82) is 0 Å². The largest absolute Gasteiger partial charge is 0.306 e. The molecule has 0 aliphatic heterocycles. The van der Waals surface area contributed by atoms with Crippen LogP contribution in [0.1, 0.15) is 19.8 Å². The minimum absolute atomic E-state index is 0.327. The van der Waals surface area contributed by atoms with E-state index in [1.807, 2.05) is 0 Å². The van der Waals surface area contributed by atoms with Gasteiger partial charge < -0.3 is 4.90 Å². The van der Waals surface area contributed by atoms with Crippen LogP contribution in [0.15, 0.2) is 60.7 Å². The average molecular weight is 398 g/mol. The normalized spacial score (nSPS) is 24.5. The van der Waals surface area contributed by atoms with Crippen molar-refractivity contribution in [1.82, 2.24) is 4.90 Å². The van der Waals surface area contributed by atoms with E-state index >= 15 is 0 Å². The molecule has 0 spiro atoms. The molecule has 2 aromatic carbocycles. The van der Waals surface area contributed by atoms with Crippen molar-refractivity contribution in [2.75, 3.05) is 14.1 Å². The van der Waals surface area contributed by atoms with Crippen LogP contribution in [0.4, 0.5) is 0 Å². The van der Waals surface area contributed by atoms with Crippen LogP contribution in [-0.2, 0) is 0 Å². The van der Waals surface area contributed by atoms with Gasteiger partial charge in [0.1, 0.15) is 0 Å². The lowest BCUT2D eigenvalue weighted by molar-refractivity contribution is 0.232. The van der Waals surface area contributed by atoms with Crippen LogP contribution in [0.2, 0.25) is 25.2 Å². The van der Waals surface area contributed by atoms with Crippen molar-refractivity contribution in [2.45, 2.75) is 56.6 Å². The first-order chi connectivity index (χ1) is 12.8. The fourth-order valence-electron chi connectivity index (χ4n) is 4.66. The lowest BCUT2D eigenvalue weighted by Gasteiger charge is -2.36. The second-order valence-corrected chi connectivity index (χ2v) is 17.5. The summed E-state index contributed by atoms with van der Waals surface area (Å²) in [5.41, 5.74) is 1.71. The van der Waals surface area contributed by atoms with E-state index in [1.165, 1.54) is 12.8 Å². The maximum absolute atomic E-state index is 2.57. The van der Waals surface area contributed by atoms with Gasteiger partial charge in [0, 0.05) is 14.1 Å². The first-order valence-corrected chi connectivity index (χ1v) is 15.3. The Morgan fingerprint density at radius 2 is 1.33 bits per heavy atom. The maximum Gasteiger partial charge on any atom is 0.0474 e. The molecular formula is C24H36NPSi. The predicted molar refractivity (Wildman–Crippen MR) is 126 cm³/mol. The molecule has 1 nitrogen and oxygen atoms in total. The minimum atomic E-state index is -1.14. The van der Waals surface area contributed by atoms with Crippen LogP contribution in [0, 0.1) is 5.92 Å². The van der Waals surface area contributed by atoms with Crippen molar-refractivity contribution in [3.05, 3.63) is 60.7 Å². The maximum atomic E-state index is 2.57. The number of nitrogens with zero attached hydrogens (tertiary/aromatic N) is 1. The zero-order valence-electron chi connectivity index (χ0n) is 17.9. The van der Waals surface area contributed by atoms with Crippen molar-refractivity contribution in [3.8, 4) is 0 Å². The third-order valence-corrected chi connectivity index (χ3v) is 12.5. The van der Waals surface area contributed by atoms with Crippen molar-refractivity contribution in [3.63, 3.8) is 0 Å². The molecular weight excluding hydrogens is 361 g/mol. The summed E-state index contributed by atoms with van der Waals surface area (Å²) in [4.78, 5) is 2.45. The second-order valence-electron chi connectivity index (χ2n) is 9.51. The number of hydrogen-bond donors (Lipinski definition) is 0. The van der Waals surface area contributed by atoms with Crippen molar-refractivity contribution >= 4 is 26.6 Å². The van der Waals surface area contributed by atoms with Crippen LogP contribution in [-0.4, -0.2) is 38.8 Å². The van der Waals surface area contributed by atoms with Gasteiger partial charge >= 0.3 is 0 Å². The van der Waals surface area contributed by atoms with Gasteiger partial charge in [-0.25, -0.2) is 0 Å². The van der Waals surface area contributed by atoms with Crippen LogP contribution in [0.5, 0.6) is 0 Å². The second kappa shape index (κ2) is 8.60. The Hall–Kier alpha value is -0.953. The van der Waals surface area contributed by atoms with Crippen molar-refractivity contribution in [2.24, 2.45) is 5.92 Å². The van der Waals surface area contributed by atoms with Crippen LogP contribution >= 0.6 is 7.92 Å². The van der Waals surface area contributed by atoms with E-state index in [-0.39, 0.29) is 7.92 Å². The van der Waals surface area contributed by atoms with E-state index in [9.17, 15) is 0 Å². The molecule has 0 radical (unpaired) electrons. The Kier molecular flexibility index (Phi) is 6.61. The molecule has 0 aromatic heterocycles. The Balaban J connectivity index is 2.05. The molecule has 0 heterocycles. The summed E-state index contributed by atoms with van der Waals surface area (Å²) in [7, 11) is 3.05. The number of benzene rings is 2. The molecule has 0 saturated heterocycles. The van der Waals surface area contributed by atoms with Crippen LogP contribution in [0.3, 0.4) is 0 Å². The van der Waals surface area contributed by atoms with Crippen molar-refractivity contribution < 1.29 is 0 Å². The van der Waals surface area contributed by atoms with E-state index in [2.05, 4.69) is 106 Å². The summed E-state index contributed by atoms with van der Waals surface area (Å²) < 4.78 is 0. The third kappa shape index (κ3) is 4.73. The van der Waals surface area contributed by atoms with E-state index in [1.54, 1.807) is 10.6 Å². The molecule has 0 amide bonds. The minimum Gasteiger partial charge on any atom is -0.306 e. The fourth-order valence-corrected chi connectivity index (χ4v) is 10.1. The lowest BCUT2D eigenvalue weighted by Crippen LogP contribution is -2.38. The zero-order chi connectivity index (χ0) is 19.6. The molecule has 3 rings (SSSR count). The first-order valence-electron chi connectivity index (χ1n) is 10.3. The Morgan fingerprint density at radius 3 is 1.74 bits per heavy atom. The van der Waals surface area contributed by atoms with Gasteiger partial charge in [-0.2, -0.15) is 0 Å². The fraction of sp³-hybridized carbons (Fsp3) is 0.500. The topological polar surface area (TPSA) is 3.24 Å². The monoisotopic (exact) mass is 397 g/mol. The van der Waals surface area contributed by atoms with Crippen LogP contribution in [0.25, 0.3) is 0 Å². The van der Waals surface area contributed by atoms with E-state index in [0.29, 0.717) is 6.04 Å². The molecule has 4 atom stereocenters. The van der Waals surface area contributed by atoms with Crippen LogP contribution < -0.4 is 10.6 Å². The first kappa shape index (κ1) is 20.8. The molecule has 146 valence electrons. The summed E-state index contributed by atoms with van der Waals surface area (Å²) in [5.74, 6) is 0.781. The number of rotatable bonds is 6. The van der Waals surface area contributed by atoms with Gasteiger partial charge in [0.2, 0.25) is 0 Å². The SMILES string of the molecule is C[C@H](C1CC([Si](C)(C)C)CC1P(c1ccccc1)c1ccccc1)N(C)C.